The van der Waals surface area contributed by atoms with Crippen molar-refractivity contribution in [2.45, 2.75) is 45.6 Å². The van der Waals surface area contributed by atoms with E-state index in [9.17, 15) is 0 Å². The highest BCUT2D eigenvalue weighted by Crippen LogP contribution is 2.36. The van der Waals surface area contributed by atoms with E-state index >= 15 is 0 Å². The largest absolute Gasteiger partial charge is 0.324 e. The van der Waals surface area contributed by atoms with Gasteiger partial charge >= 0.3 is 0 Å². The van der Waals surface area contributed by atoms with Gasteiger partial charge in [0.25, 0.3) is 0 Å². The van der Waals surface area contributed by atoms with E-state index < -0.39 is 0 Å². The Morgan fingerprint density at radius 2 is 2.38 bits per heavy atom. The third kappa shape index (κ3) is 3.24. The van der Waals surface area contributed by atoms with Crippen LogP contribution in [0.2, 0.25) is 0 Å². The molecule has 0 bridgehead atoms. The molecule has 1 nitrogen and oxygen atoms in total. The van der Waals surface area contributed by atoms with Crippen LogP contribution >= 0.6 is 0 Å². The zero-order chi connectivity index (χ0) is 9.90. The lowest BCUT2D eigenvalue weighted by molar-refractivity contribution is 0.298. The Labute approximate surface area is 81.4 Å². The van der Waals surface area contributed by atoms with Crippen molar-refractivity contribution in [3.05, 3.63) is 11.6 Å². The lowest BCUT2D eigenvalue weighted by atomic mass is 9.74. The third-order valence-electron chi connectivity index (χ3n) is 2.53. The molecule has 1 aliphatic rings. The van der Waals surface area contributed by atoms with Crippen LogP contribution in [0.1, 0.15) is 39.5 Å². The van der Waals surface area contributed by atoms with Crippen LogP contribution in [0.25, 0.3) is 0 Å². The average Bonchev–Trinajstić information content (AvgIpc) is 1.97. The number of terminal acetylenes is 1. The molecule has 1 rings (SSSR count). The summed E-state index contributed by atoms with van der Waals surface area (Å²) in [5.74, 6) is 2.68. The molecule has 1 heteroatoms. The molecule has 0 saturated heterocycles. The highest BCUT2D eigenvalue weighted by atomic mass is 14.6. The Hall–Kier alpha value is -0.740. The lowest BCUT2D eigenvalue weighted by Gasteiger charge is -2.33. The normalized spacial score (nSPS) is 26.3. The van der Waals surface area contributed by atoms with Gasteiger partial charge in [-0.25, -0.2) is 0 Å². The number of nitrogens with two attached hydrogens (primary N) is 1. The zero-order valence-electron chi connectivity index (χ0n) is 8.64. The predicted molar refractivity (Wildman–Crippen MR) is 57.1 cm³/mol. The van der Waals surface area contributed by atoms with E-state index in [-0.39, 0.29) is 6.04 Å². The number of rotatable bonds is 2. The molecule has 1 atom stereocenters. The van der Waals surface area contributed by atoms with E-state index in [4.69, 9.17) is 12.2 Å². The maximum absolute atomic E-state index is 5.94. The summed E-state index contributed by atoms with van der Waals surface area (Å²) in [6, 6.07) is 0.233. The monoisotopic (exact) mass is 177 g/mol. The summed E-state index contributed by atoms with van der Waals surface area (Å²) < 4.78 is 0. The predicted octanol–water partition coefficient (Wildman–Crippen LogP) is 2.47. The zero-order valence-corrected chi connectivity index (χ0v) is 8.64. The van der Waals surface area contributed by atoms with Crippen LogP contribution in [0.3, 0.4) is 0 Å². The maximum Gasteiger partial charge on any atom is 0.0231 e. The van der Waals surface area contributed by atoms with Crippen LogP contribution in [0.4, 0.5) is 0 Å². The van der Waals surface area contributed by atoms with Crippen LogP contribution in [0.15, 0.2) is 11.6 Å². The van der Waals surface area contributed by atoms with Gasteiger partial charge in [0.1, 0.15) is 0 Å². The summed E-state index contributed by atoms with van der Waals surface area (Å²) in [4.78, 5) is 0. The van der Waals surface area contributed by atoms with Gasteiger partial charge in [-0.15, -0.1) is 12.3 Å². The van der Waals surface area contributed by atoms with Crippen molar-refractivity contribution in [3.63, 3.8) is 0 Å². The van der Waals surface area contributed by atoms with Gasteiger partial charge in [0.15, 0.2) is 0 Å². The lowest BCUT2D eigenvalue weighted by Crippen LogP contribution is -2.30. The first-order valence-corrected chi connectivity index (χ1v) is 4.92. The molecule has 0 saturated carbocycles. The van der Waals surface area contributed by atoms with Crippen molar-refractivity contribution < 1.29 is 0 Å². The fourth-order valence-corrected chi connectivity index (χ4v) is 2.15. The second kappa shape index (κ2) is 3.98. The van der Waals surface area contributed by atoms with Gasteiger partial charge in [-0.05, 0) is 24.7 Å². The van der Waals surface area contributed by atoms with Crippen molar-refractivity contribution >= 4 is 0 Å². The Bertz CT molecular complexity index is 242. The van der Waals surface area contributed by atoms with Crippen molar-refractivity contribution in [1.82, 2.24) is 0 Å². The summed E-state index contributed by atoms with van der Waals surface area (Å²) >= 11 is 0. The van der Waals surface area contributed by atoms with Gasteiger partial charge < -0.3 is 5.73 Å². The maximum atomic E-state index is 5.94. The molecule has 0 aromatic carbocycles. The molecule has 0 aliphatic heterocycles. The highest BCUT2D eigenvalue weighted by molar-refractivity contribution is 5.15. The van der Waals surface area contributed by atoms with E-state index in [0.29, 0.717) is 5.41 Å². The van der Waals surface area contributed by atoms with Crippen molar-refractivity contribution in [1.29, 1.82) is 0 Å². The van der Waals surface area contributed by atoms with Gasteiger partial charge in [-0.3, -0.25) is 0 Å². The third-order valence-corrected chi connectivity index (χ3v) is 2.53. The molecular weight excluding hydrogens is 158 g/mol. The second-order valence-electron chi connectivity index (χ2n) is 4.74. The minimum Gasteiger partial charge on any atom is -0.324 e. The van der Waals surface area contributed by atoms with E-state index in [1.807, 2.05) is 0 Å². The van der Waals surface area contributed by atoms with Crippen LogP contribution < -0.4 is 5.73 Å². The first-order valence-electron chi connectivity index (χ1n) is 4.92. The Kier molecular flexibility index (Phi) is 3.17. The number of allylic oxidation sites excluding steroid dienone is 1. The molecule has 1 aliphatic carbocycles. The van der Waals surface area contributed by atoms with E-state index in [1.54, 1.807) is 0 Å². The topological polar surface area (TPSA) is 26.0 Å². The summed E-state index contributed by atoms with van der Waals surface area (Å²) in [6.07, 6.45) is 11.5. The van der Waals surface area contributed by atoms with Crippen molar-refractivity contribution in [3.8, 4) is 12.3 Å². The standard InChI is InChI=1S/C12H19N/c1-4-5-6-10-7-11(13)9-12(2,3)8-10/h1,7,11H,5-6,8-9,13H2,2-3H3. The summed E-state index contributed by atoms with van der Waals surface area (Å²) in [6.45, 7) is 4.55. The number of hydrogen-bond donors (Lipinski definition) is 1. The summed E-state index contributed by atoms with van der Waals surface area (Å²) in [5.41, 5.74) is 7.75. The van der Waals surface area contributed by atoms with Gasteiger partial charge in [0.05, 0.1) is 0 Å². The average molecular weight is 177 g/mol. The molecule has 0 heterocycles. The minimum absolute atomic E-state index is 0.233. The minimum atomic E-state index is 0.233. The van der Waals surface area contributed by atoms with Crippen LogP contribution in [0.5, 0.6) is 0 Å². The molecule has 0 aromatic rings. The van der Waals surface area contributed by atoms with Crippen LogP contribution in [-0.4, -0.2) is 6.04 Å². The SMILES string of the molecule is C#CCCC1=CC(N)CC(C)(C)C1. The molecule has 72 valence electrons. The second-order valence-corrected chi connectivity index (χ2v) is 4.74. The van der Waals surface area contributed by atoms with Gasteiger partial charge in [0, 0.05) is 12.5 Å². The fourth-order valence-electron chi connectivity index (χ4n) is 2.15. The smallest absolute Gasteiger partial charge is 0.0231 e. The Balaban J connectivity index is 2.60. The van der Waals surface area contributed by atoms with Gasteiger partial charge in [0.2, 0.25) is 0 Å². The molecule has 0 spiro atoms. The van der Waals surface area contributed by atoms with E-state index in [2.05, 4.69) is 25.8 Å². The van der Waals surface area contributed by atoms with Crippen molar-refractivity contribution in [2.75, 3.05) is 0 Å². The Morgan fingerprint density at radius 1 is 1.69 bits per heavy atom. The molecule has 0 radical (unpaired) electrons. The molecule has 1 unspecified atom stereocenters. The summed E-state index contributed by atoms with van der Waals surface area (Å²) in [7, 11) is 0. The fraction of sp³-hybridized carbons (Fsp3) is 0.667. The van der Waals surface area contributed by atoms with Crippen molar-refractivity contribution in [2.24, 2.45) is 11.1 Å². The molecule has 13 heavy (non-hydrogen) atoms. The quantitative estimate of drug-likeness (QED) is 0.509. The molecule has 0 amide bonds. The molecule has 0 fully saturated rings. The first-order chi connectivity index (χ1) is 6.03. The highest BCUT2D eigenvalue weighted by Gasteiger charge is 2.26. The van der Waals surface area contributed by atoms with E-state index in [1.165, 1.54) is 5.57 Å². The van der Waals surface area contributed by atoms with E-state index in [0.717, 1.165) is 25.7 Å². The van der Waals surface area contributed by atoms with Gasteiger partial charge in [-0.2, -0.15) is 0 Å². The molecule has 2 N–H and O–H groups in total. The van der Waals surface area contributed by atoms with Crippen LogP contribution in [0, 0.1) is 17.8 Å². The number of hydrogen-bond acceptors (Lipinski definition) is 1. The summed E-state index contributed by atoms with van der Waals surface area (Å²) in [5, 5.41) is 0. The molecular formula is C12H19N. The van der Waals surface area contributed by atoms with Gasteiger partial charge in [-0.1, -0.05) is 25.5 Å². The Morgan fingerprint density at radius 3 is 2.92 bits per heavy atom. The first kappa shape index (κ1) is 10.3. The molecule has 0 aromatic heterocycles. The van der Waals surface area contributed by atoms with Crippen LogP contribution in [-0.2, 0) is 0 Å².